The molecule has 0 amide bonds. The first-order chi connectivity index (χ1) is 15.9. The lowest BCUT2D eigenvalue weighted by Gasteiger charge is -2.26. The molecule has 1 N–H and O–H groups in total. The third-order valence-corrected chi connectivity index (χ3v) is 6.34. The van der Waals surface area contributed by atoms with Crippen LogP contribution in [-0.4, -0.2) is 39.1 Å². The quantitative estimate of drug-likeness (QED) is 0.513. The summed E-state index contributed by atoms with van der Waals surface area (Å²) in [6.45, 7) is 3.87. The largest absolute Gasteiger partial charge is 0.493 e. The van der Waals surface area contributed by atoms with Gasteiger partial charge in [0.25, 0.3) is 0 Å². The van der Waals surface area contributed by atoms with E-state index in [0.717, 1.165) is 5.56 Å². The number of aliphatic imine (C=N–C) groups is 1. The minimum absolute atomic E-state index is 0.259. The summed E-state index contributed by atoms with van der Waals surface area (Å²) in [6, 6.07) is 10.6. The number of rotatable bonds is 8. The molecule has 0 aromatic heterocycles. The average Bonchev–Trinajstić information content (AvgIpc) is 2.82. The van der Waals surface area contributed by atoms with Crippen molar-refractivity contribution in [2.24, 2.45) is 4.99 Å². The summed E-state index contributed by atoms with van der Waals surface area (Å²) in [5.41, 5.74) is 2.80. The van der Waals surface area contributed by atoms with Gasteiger partial charge in [-0.05, 0) is 43.2 Å². The van der Waals surface area contributed by atoms with Gasteiger partial charge in [0.1, 0.15) is 6.04 Å². The van der Waals surface area contributed by atoms with Gasteiger partial charge in [0.2, 0.25) is 5.75 Å². The number of amidine groups is 1. The van der Waals surface area contributed by atoms with E-state index < -0.39 is 12.0 Å². The highest BCUT2D eigenvalue weighted by Gasteiger charge is 2.32. The van der Waals surface area contributed by atoms with Crippen molar-refractivity contribution in [3.63, 3.8) is 0 Å². The topological polar surface area (TPSA) is 78.4 Å². The molecule has 0 aliphatic carbocycles. The zero-order valence-corrected chi connectivity index (χ0v) is 20.8. The van der Waals surface area contributed by atoms with E-state index in [2.05, 4.69) is 5.32 Å². The monoisotopic (exact) mass is 490 g/mol. The molecular formula is C24H27ClN2O5S. The Hall–Kier alpha value is -2.84. The van der Waals surface area contributed by atoms with E-state index in [9.17, 15) is 4.79 Å². The number of carbonyl (C=O) groups is 1. The van der Waals surface area contributed by atoms with Gasteiger partial charge in [-0.15, -0.1) is 0 Å². The van der Waals surface area contributed by atoms with E-state index in [1.807, 2.05) is 31.2 Å². The molecule has 33 heavy (non-hydrogen) atoms. The molecular weight excluding hydrogens is 464 g/mol. The van der Waals surface area contributed by atoms with Crippen molar-refractivity contribution in [3.8, 4) is 17.2 Å². The highest BCUT2D eigenvalue weighted by atomic mass is 35.5. The Morgan fingerprint density at radius 2 is 1.79 bits per heavy atom. The summed E-state index contributed by atoms with van der Waals surface area (Å²) in [5, 5.41) is 4.60. The molecule has 0 fully saturated rings. The minimum Gasteiger partial charge on any atom is -0.493 e. The lowest BCUT2D eigenvalue weighted by Crippen LogP contribution is -2.30. The molecule has 0 spiro atoms. The number of hydrogen-bond acceptors (Lipinski definition) is 8. The number of thioether (sulfide) groups is 1. The van der Waals surface area contributed by atoms with Crippen LogP contribution in [0.3, 0.4) is 0 Å². The number of benzene rings is 2. The van der Waals surface area contributed by atoms with Crippen LogP contribution in [0.15, 0.2) is 52.7 Å². The van der Waals surface area contributed by atoms with Crippen LogP contribution in [0.4, 0.5) is 0 Å². The van der Waals surface area contributed by atoms with Gasteiger partial charge in [0.05, 0.1) is 33.5 Å². The van der Waals surface area contributed by atoms with Crippen LogP contribution < -0.4 is 19.5 Å². The summed E-state index contributed by atoms with van der Waals surface area (Å²) in [4.78, 5) is 17.7. The molecule has 7 nitrogen and oxygen atoms in total. The highest BCUT2D eigenvalue weighted by Crippen LogP contribution is 2.43. The lowest BCUT2D eigenvalue weighted by atomic mass is 9.96. The van der Waals surface area contributed by atoms with Crippen molar-refractivity contribution in [2.75, 3.05) is 27.9 Å². The standard InChI is InChI=1S/C24H27ClN2O5S/c1-6-32-23(28)20-14(2)26-24(33-13-15-9-7-8-10-17(15)25)27-21(20)16-11-18(29-3)22(31-5)19(12-16)30-4/h7-12,21H,6,13H2,1-5H3,(H,26,27)/t21-/m0/s1. The van der Waals surface area contributed by atoms with Gasteiger partial charge in [-0.3, -0.25) is 0 Å². The Morgan fingerprint density at radius 3 is 2.36 bits per heavy atom. The molecule has 1 heterocycles. The zero-order valence-electron chi connectivity index (χ0n) is 19.2. The third kappa shape index (κ3) is 5.57. The maximum absolute atomic E-state index is 12.9. The van der Waals surface area contributed by atoms with Crippen molar-refractivity contribution >= 4 is 34.5 Å². The second-order valence-corrected chi connectivity index (χ2v) is 8.43. The molecule has 9 heteroatoms. The molecule has 0 unspecified atom stereocenters. The minimum atomic E-state index is -0.618. The number of hydrogen-bond donors (Lipinski definition) is 1. The number of ether oxygens (including phenoxy) is 4. The van der Waals surface area contributed by atoms with Crippen molar-refractivity contribution < 1.29 is 23.7 Å². The van der Waals surface area contributed by atoms with Gasteiger partial charge in [0.15, 0.2) is 16.7 Å². The second-order valence-electron chi connectivity index (χ2n) is 7.06. The van der Waals surface area contributed by atoms with Gasteiger partial charge in [-0.2, -0.15) is 0 Å². The summed E-state index contributed by atoms with van der Waals surface area (Å²) in [7, 11) is 4.64. The summed E-state index contributed by atoms with van der Waals surface area (Å²) in [5.74, 6) is 1.61. The molecule has 0 radical (unpaired) electrons. The Kier molecular flexibility index (Phi) is 8.52. The molecule has 1 atom stereocenters. The molecule has 176 valence electrons. The Labute approximate surface area is 203 Å². The van der Waals surface area contributed by atoms with Crippen LogP contribution in [0.2, 0.25) is 5.02 Å². The number of carbonyl (C=O) groups excluding carboxylic acids is 1. The van der Waals surface area contributed by atoms with Crippen LogP contribution in [0.25, 0.3) is 0 Å². The van der Waals surface area contributed by atoms with Crippen LogP contribution in [0.5, 0.6) is 17.2 Å². The molecule has 0 saturated heterocycles. The number of methoxy groups -OCH3 is 3. The summed E-state index contributed by atoms with van der Waals surface area (Å²) in [6.07, 6.45) is 0. The van der Waals surface area contributed by atoms with E-state index in [-0.39, 0.29) is 6.61 Å². The smallest absolute Gasteiger partial charge is 0.338 e. The predicted octanol–water partition coefficient (Wildman–Crippen LogP) is 5.14. The van der Waals surface area contributed by atoms with Gasteiger partial charge < -0.3 is 24.3 Å². The average molecular weight is 491 g/mol. The summed E-state index contributed by atoms with van der Waals surface area (Å²) < 4.78 is 21.8. The number of esters is 1. The van der Waals surface area contributed by atoms with Crippen molar-refractivity contribution in [3.05, 3.63) is 63.8 Å². The third-order valence-electron chi connectivity index (χ3n) is 5.04. The van der Waals surface area contributed by atoms with Crippen LogP contribution in [0.1, 0.15) is 31.0 Å². The fourth-order valence-corrected chi connectivity index (χ4v) is 4.69. The van der Waals surface area contributed by atoms with Gasteiger partial charge in [-0.1, -0.05) is 41.6 Å². The van der Waals surface area contributed by atoms with E-state index in [4.69, 9.17) is 35.5 Å². The molecule has 2 aromatic rings. The zero-order chi connectivity index (χ0) is 24.0. The highest BCUT2D eigenvalue weighted by molar-refractivity contribution is 8.13. The Bertz CT molecular complexity index is 1060. The van der Waals surface area contributed by atoms with Gasteiger partial charge in [-0.25, -0.2) is 9.79 Å². The molecule has 2 aromatic carbocycles. The van der Waals surface area contributed by atoms with E-state index in [0.29, 0.717) is 50.0 Å². The number of nitrogens with one attached hydrogen (secondary N) is 1. The Balaban J connectivity index is 2.03. The Morgan fingerprint density at radius 1 is 1.12 bits per heavy atom. The first-order valence-corrected chi connectivity index (χ1v) is 11.7. The molecule has 1 aliphatic heterocycles. The molecule has 1 aliphatic rings. The van der Waals surface area contributed by atoms with E-state index in [1.165, 1.54) is 11.8 Å². The van der Waals surface area contributed by atoms with E-state index in [1.54, 1.807) is 40.4 Å². The van der Waals surface area contributed by atoms with Crippen LogP contribution in [-0.2, 0) is 15.3 Å². The fourth-order valence-electron chi connectivity index (χ4n) is 3.46. The fraction of sp³-hybridized carbons (Fsp3) is 0.333. The number of halogens is 1. The number of nitrogens with zero attached hydrogens (tertiary/aromatic N) is 1. The van der Waals surface area contributed by atoms with E-state index >= 15 is 0 Å². The SMILES string of the molecule is CCOC(=O)C1=C(C)NC(SCc2ccccc2Cl)=N[C@H]1c1cc(OC)c(OC)c(OC)c1. The maximum atomic E-state index is 12.9. The maximum Gasteiger partial charge on any atom is 0.338 e. The molecule has 0 bridgehead atoms. The van der Waals surface area contributed by atoms with Gasteiger partial charge in [0, 0.05) is 16.5 Å². The molecule has 3 rings (SSSR count). The number of allylic oxidation sites excluding steroid dienone is 1. The predicted molar refractivity (Wildman–Crippen MR) is 131 cm³/mol. The van der Waals surface area contributed by atoms with Crippen molar-refractivity contribution in [2.45, 2.75) is 25.6 Å². The first kappa shape index (κ1) is 24.8. The summed E-state index contributed by atoms with van der Waals surface area (Å²) >= 11 is 7.81. The first-order valence-electron chi connectivity index (χ1n) is 10.3. The van der Waals surface area contributed by atoms with Crippen LogP contribution >= 0.6 is 23.4 Å². The lowest BCUT2D eigenvalue weighted by molar-refractivity contribution is -0.138. The van der Waals surface area contributed by atoms with Crippen molar-refractivity contribution in [1.82, 2.24) is 5.32 Å². The normalized spacial score (nSPS) is 15.5. The van der Waals surface area contributed by atoms with Crippen LogP contribution in [0, 0.1) is 0 Å². The molecule has 0 saturated carbocycles. The second kappa shape index (κ2) is 11.3. The van der Waals surface area contributed by atoms with Gasteiger partial charge >= 0.3 is 5.97 Å². The van der Waals surface area contributed by atoms with Crippen molar-refractivity contribution in [1.29, 1.82) is 0 Å².